The summed E-state index contributed by atoms with van der Waals surface area (Å²) in [4.78, 5) is 23.0. The number of nitrogens with one attached hydrogen (secondary N) is 2. The quantitative estimate of drug-likeness (QED) is 0.639. The predicted molar refractivity (Wildman–Crippen MR) is 100 cm³/mol. The normalized spacial score (nSPS) is 11.3. The lowest BCUT2D eigenvalue weighted by Crippen LogP contribution is -2.31. The number of ether oxygens (including phenoxy) is 2. The first-order valence-electron chi connectivity index (χ1n) is 8.29. The topological polar surface area (TPSA) is 103 Å². The van der Waals surface area contributed by atoms with E-state index < -0.39 is 11.9 Å². The van der Waals surface area contributed by atoms with Crippen LogP contribution in [0, 0.1) is 0 Å². The molecule has 4 N–H and O–H groups in total. The van der Waals surface area contributed by atoms with E-state index in [-0.39, 0.29) is 12.5 Å². The van der Waals surface area contributed by atoms with Gasteiger partial charge in [0.15, 0.2) is 6.61 Å². The first-order chi connectivity index (χ1) is 12.5. The number of hydrogen-bond acceptors (Lipinski definition) is 5. The van der Waals surface area contributed by atoms with E-state index in [0.717, 1.165) is 11.4 Å². The number of carbonyl (C=O) groups is 2. The Morgan fingerprint density at radius 2 is 1.50 bits per heavy atom. The Morgan fingerprint density at radius 3 is 2.04 bits per heavy atom. The van der Waals surface area contributed by atoms with Gasteiger partial charge in [-0.3, -0.25) is 9.59 Å². The first-order valence-corrected chi connectivity index (χ1v) is 8.29. The zero-order chi connectivity index (χ0) is 18.9. The van der Waals surface area contributed by atoms with Crippen LogP contribution < -0.4 is 25.8 Å². The van der Waals surface area contributed by atoms with Crippen LogP contribution in [0.4, 0.5) is 11.4 Å². The lowest BCUT2D eigenvalue weighted by Gasteiger charge is -2.16. The van der Waals surface area contributed by atoms with E-state index in [1.165, 1.54) is 0 Å². The van der Waals surface area contributed by atoms with Crippen LogP contribution in [0.2, 0.25) is 0 Å². The van der Waals surface area contributed by atoms with Gasteiger partial charge >= 0.3 is 0 Å². The van der Waals surface area contributed by atoms with Crippen molar-refractivity contribution in [1.29, 1.82) is 0 Å². The average Bonchev–Trinajstić information content (AvgIpc) is 2.63. The largest absolute Gasteiger partial charge is 0.494 e. The lowest BCUT2D eigenvalue weighted by atomic mass is 10.2. The second kappa shape index (κ2) is 9.31. The van der Waals surface area contributed by atoms with E-state index in [4.69, 9.17) is 15.2 Å². The molecule has 0 saturated heterocycles. The minimum atomic E-state index is -0.535. The van der Waals surface area contributed by atoms with Crippen LogP contribution in [0.3, 0.4) is 0 Å². The van der Waals surface area contributed by atoms with Crippen LogP contribution in [-0.4, -0.2) is 31.1 Å². The minimum absolute atomic E-state index is 0.164. The molecule has 0 aliphatic rings. The van der Waals surface area contributed by atoms with Crippen molar-refractivity contribution in [3.63, 3.8) is 0 Å². The summed E-state index contributed by atoms with van der Waals surface area (Å²) in [6.07, 6.45) is 0. The van der Waals surface area contributed by atoms with Gasteiger partial charge in [-0.05, 0) is 62.4 Å². The Labute approximate surface area is 152 Å². The van der Waals surface area contributed by atoms with Gasteiger partial charge in [-0.2, -0.15) is 0 Å². The number of rotatable bonds is 9. The third-order valence-electron chi connectivity index (χ3n) is 3.44. The fraction of sp³-hybridized carbons (Fsp3) is 0.263. The molecule has 7 nitrogen and oxygen atoms in total. The molecule has 7 heteroatoms. The van der Waals surface area contributed by atoms with Crippen molar-refractivity contribution in [2.24, 2.45) is 5.73 Å². The maximum Gasteiger partial charge on any atom is 0.255 e. The molecule has 26 heavy (non-hydrogen) atoms. The molecule has 2 aromatic rings. The monoisotopic (exact) mass is 357 g/mol. The second-order valence-corrected chi connectivity index (χ2v) is 5.59. The molecule has 0 saturated carbocycles. The summed E-state index contributed by atoms with van der Waals surface area (Å²) >= 11 is 0. The smallest absolute Gasteiger partial charge is 0.255 e. The van der Waals surface area contributed by atoms with Crippen LogP contribution in [0.15, 0.2) is 48.5 Å². The molecular weight excluding hydrogens is 334 g/mol. The van der Waals surface area contributed by atoms with Crippen molar-refractivity contribution in [2.75, 3.05) is 23.8 Å². The minimum Gasteiger partial charge on any atom is -0.494 e. The fourth-order valence-electron chi connectivity index (χ4n) is 2.17. The highest BCUT2D eigenvalue weighted by Gasteiger charge is 2.13. The predicted octanol–water partition coefficient (Wildman–Crippen LogP) is 2.39. The third kappa shape index (κ3) is 6.01. The summed E-state index contributed by atoms with van der Waals surface area (Å²) < 4.78 is 10.6. The van der Waals surface area contributed by atoms with Gasteiger partial charge in [0.25, 0.3) is 5.91 Å². The van der Waals surface area contributed by atoms with E-state index in [2.05, 4.69) is 10.6 Å². The number of anilines is 2. The van der Waals surface area contributed by atoms with Crippen LogP contribution in [0.5, 0.6) is 11.5 Å². The molecule has 1 unspecified atom stereocenters. The summed E-state index contributed by atoms with van der Waals surface area (Å²) in [5.74, 6) is 0.589. The molecule has 0 radical (unpaired) electrons. The van der Waals surface area contributed by atoms with Gasteiger partial charge in [-0.15, -0.1) is 0 Å². The zero-order valence-corrected chi connectivity index (χ0v) is 14.8. The van der Waals surface area contributed by atoms with Crippen molar-refractivity contribution in [1.82, 2.24) is 0 Å². The molecular formula is C19H23N3O4. The highest BCUT2D eigenvalue weighted by molar-refractivity contribution is 5.96. The maximum absolute atomic E-state index is 12.3. The molecule has 0 aliphatic heterocycles. The van der Waals surface area contributed by atoms with E-state index in [1.54, 1.807) is 43.3 Å². The van der Waals surface area contributed by atoms with Gasteiger partial charge in [-0.25, -0.2) is 0 Å². The summed E-state index contributed by atoms with van der Waals surface area (Å²) in [7, 11) is 0. The van der Waals surface area contributed by atoms with Crippen LogP contribution in [0.1, 0.15) is 13.8 Å². The van der Waals surface area contributed by atoms with Gasteiger partial charge in [0, 0.05) is 11.4 Å². The number of hydrogen-bond donors (Lipinski definition) is 3. The summed E-state index contributed by atoms with van der Waals surface area (Å²) in [6.45, 7) is 4.10. The second-order valence-electron chi connectivity index (χ2n) is 5.59. The van der Waals surface area contributed by atoms with Gasteiger partial charge in [0.1, 0.15) is 17.5 Å². The molecule has 2 amide bonds. The Morgan fingerprint density at radius 1 is 0.962 bits per heavy atom. The lowest BCUT2D eigenvalue weighted by molar-refractivity contribution is -0.120. The molecule has 0 bridgehead atoms. The van der Waals surface area contributed by atoms with Crippen molar-refractivity contribution >= 4 is 23.2 Å². The third-order valence-corrected chi connectivity index (χ3v) is 3.44. The van der Waals surface area contributed by atoms with Crippen LogP contribution >= 0.6 is 0 Å². The fourth-order valence-corrected chi connectivity index (χ4v) is 2.17. The van der Waals surface area contributed by atoms with Gasteiger partial charge in [0.05, 0.1) is 6.61 Å². The highest BCUT2D eigenvalue weighted by Crippen LogP contribution is 2.18. The molecule has 138 valence electrons. The average molecular weight is 357 g/mol. The Bertz CT molecular complexity index is 729. The standard InChI is InChI=1S/C19H23N3O4/c1-3-25-16-8-6-15(7-9-16)22-19(24)13(2)21-14-4-10-17(11-5-14)26-12-18(20)23/h4-11,13,21H,3,12H2,1-2H3,(H2,20,23)(H,22,24). The van der Waals surface area contributed by atoms with Crippen molar-refractivity contribution in [3.05, 3.63) is 48.5 Å². The number of carbonyl (C=O) groups excluding carboxylic acids is 2. The van der Waals surface area contributed by atoms with Gasteiger partial charge < -0.3 is 25.8 Å². The Hall–Kier alpha value is -3.22. The first kappa shape index (κ1) is 19.1. The van der Waals surface area contributed by atoms with Gasteiger partial charge in [-0.1, -0.05) is 0 Å². The van der Waals surface area contributed by atoms with Crippen molar-refractivity contribution in [2.45, 2.75) is 19.9 Å². The van der Waals surface area contributed by atoms with E-state index in [0.29, 0.717) is 18.0 Å². The SMILES string of the molecule is CCOc1ccc(NC(=O)C(C)Nc2ccc(OCC(N)=O)cc2)cc1. The number of nitrogens with two attached hydrogens (primary N) is 1. The molecule has 2 rings (SSSR count). The summed E-state index contributed by atoms with van der Waals surface area (Å²) in [6, 6.07) is 13.7. The van der Waals surface area contributed by atoms with E-state index in [9.17, 15) is 9.59 Å². The molecule has 0 fully saturated rings. The summed E-state index contributed by atoms with van der Waals surface area (Å²) in [5.41, 5.74) is 6.48. The zero-order valence-electron chi connectivity index (χ0n) is 14.8. The molecule has 0 aromatic heterocycles. The number of amides is 2. The molecule has 0 spiro atoms. The Balaban J connectivity index is 1.86. The van der Waals surface area contributed by atoms with Crippen molar-refractivity contribution < 1.29 is 19.1 Å². The molecule has 0 aliphatic carbocycles. The van der Waals surface area contributed by atoms with Gasteiger partial charge in [0.2, 0.25) is 5.91 Å². The number of benzene rings is 2. The van der Waals surface area contributed by atoms with Crippen LogP contribution in [0.25, 0.3) is 0 Å². The molecule has 2 aromatic carbocycles. The van der Waals surface area contributed by atoms with Crippen LogP contribution in [-0.2, 0) is 9.59 Å². The van der Waals surface area contributed by atoms with E-state index in [1.807, 2.05) is 19.1 Å². The maximum atomic E-state index is 12.3. The Kier molecular flexibility index (Phi) is 6.84. The van der Waals surface area contributed by atoms with Crippen molar-refractivity contribution in [3.8, 4) is 11.5 Å². The van der Waals surface area contributed by atoms with E-state index >= 15 is 0 Å². The summed E-state index contributed by atoms with van der Waals surface area (Å²) in [5, 5.41) is 5.94. The number of primary amides is 1. The highest BCUT2D eigenvalue weighted by atomic mass is 16.5. The molecule has 0 heterocycles. The molecule has 1 atom stereocenters.